The fourth-order valence-electron chi connectivity index (χ4n) is 2.97. The quantitative estimate of drug-likeness (QED) is 0.397. The molecule has 1 atom stereocenters. The first kappa shape index (κ1) is 21.4. The number of non-ortho nitro benzene ring substituents is 1. The van der Waals surface area contributed by atoms with Crippen LogP contribution in [0.4, 0.5) is 11.4 Å². The standard InChI is InChI=1S/C20H18N4O7/c25-17(21-22-19(27)13-5-2-1-3-6-13)12-31-20(28)14-9-18(26)23(11-14)15-7-4-8-16(10-15)24(29)30/h1-8,10,14H,9,11-12H2,(H,21,25)(H,22,27)/t14-/m0/s1. The van der Waals surface area contributed by atoms with E-state index in [1.807, 2.05) is 0 Å². The summed E-state index contributed by atoms with van der Waals surface area (Å²) in [6.07, 6.45) is -0.145. The molecule has 2 aromatic rings. The van der Waals surface area contributed by atoms with E-state index in [0.29, 0.717) is 11.3 Å². The predicted molar refractivity (Wildman–Crippen MR) is 107 cm³/mol. The van der Waals surface area contributed by atoms with Gasteiger partial charge in [0.25, 0.3) is 17.5 Å². The molecule has 0 aromatic heterocycles. The number of benzene rings is 2. The van der Waals surface area contributed by atoms with E-state index in [-0.39, 0.29) is 24.6 Å². The highest BCUT2D eigenvalue weighted by Gasteiger charge is 2.36. The van der Waals surface area contributed by atoms with Crippen LogP contribution in [0.5, 0.6) is 0 Å². The first-order valence-electron chi connectivity index (χ1n) is 9.21. The van der Waals surface area contributed by atoms with Crippen LogP contribution in [0.2, 0.25) is 0 Å². The molecule has 0 radical (unpaired) electrons. The van der Waals surface area contributed by atoms with Crippen molar-refractivity contribution < 1.29 is 28.8 Å². The van der Waals surface area contributed by atoms with Gasteiger partial charge in [-0.2, -0.15) is 0 Å². The molecule has 2 N–H and O–H groups in total. The molecule has 2 aromatic carbocycles. The van der Waals surface area contributed by atoms with Gasteiger partial charge in [0, 0.05) is 30.7 Å². The molecule has 0 saturated carbocycles. The highest BCUT2D eigenvalue weighted by Crippen LogP contribution is 2.28. The highest BCUT2D eigenvalue weighted by molar-refractivity contribution is 6.00. The van der Waals surface area contributed by atoms with E-state index in [2.05, 4.69) is 10.9 Å². The third kappa shape index (κ3) is 5.41. The number of nitrogens with zero attached hydrogens (tertiary/aromatic N) is 2. The Morgan fingerprint density at radius 3 is 2.55 bits per heavy atom. The van der Waals surface area contributed by atoms with E-state index in [1.165, 1.54) is 29.2 Å². The summed E-state index contributed by atoms with van der Waals surface area (Å²) < 4.78 is 4.93. The zero-order chi connectivity index (χ0) is 22.4. The summed E-state index contributed by atoms with van der Waals surface area (Å²) in [5, 5.41) is 10.9. The number of nitro benzene ring substituents is 1. The molecule has 11 nitrogen and oxygen atoms in total. The Morgan fingerprint density at radius 2 is 1.84 bits per heavy atom. The number of hydrogen-bond donors (Lipinski definition) is 2. The summed E-state index contributed by atoms with van der Waals surface area (Å²) >= 11 is 0. The molecule has 11 heteroatoms. The van der Waals surface area contributed by atoms with Crippen LogP contribution in [-0.2, 0) is 19.1 Å². The second-order valence-corrected chi connectivity index (χ2v) is 6.66. The molecule has 1 saturated heterocycles. The van der Waals surface area contributed by atoms with Crippen LogP contribution in [0.3, 0.4) is 0 Å². The number of amides is 3. The van der Waals surface area contributed by atoms with Crippen LogP contribution in [-0.4, -0.2) is 41.8 Å². The second-order valence-electron chi connectivity index (χ2n) is 6.66. The van der Waals surface area contributed by atoms with E-state index in [1.54, 1.807) is 30.3 Å². The number of hydrazine groups is 1. The predicted octanol–water partition coefficient (Wildman–Crippen LogP) is 0.952. The van der Waals surface area contributed by atoms with Gasteiger partial charge >= 0.3 is 5.97 Å². The van der Waals surface area contributed by atoms with Gasteiger partial charge in [0.2, 0.25) is 5.91 Å². The lowest BCUT2D eigenvalue weighted by Gasteiger charge is -2.16. The smallest absolute Gasteiger partial charge is 0.311 e. The van der Waals surface area contributed by atoms with Gasteiger partial charge in [-0.3, -0.25) is 40.1 Å². The molecule has 3 amide bonds. The minimum atomic E-state index is -0.821. The molecule has 1 fully saturated rings. The molecule has 160 valence electrons. The van der Waals surface area contributed by atoms with Crippen LogP contribution in [0.1, 0.15) is 16.8 Å². The molecule has 0 unspecified atom stereocenters. The van der Waals surface area contributed by atoms with Crippen molar-refractivity contribution in [2.75, 3.05) is 18.1 Å². The van der Waals surface area contributed by atoms with E-state index >= 15 is 0 Å². The molecule has 0 aliphatic carbocycles. The Labute approximate surface area is 176 Å². The normalized spacial score (nSPS) is 15.3. The van der Waals surface area contributed by atoms with Crippen molar-refractivity contribution in [3.05, 3.63) is 70.3 Å². The lowest BCUT2D eigenvalue weighted by Crippen LogP contribution is -2.43. The highest BCUT2D eigenvalue weighted by atomic mass is 16.6. The van der Waals surface area contributed by atoms with Crippen LogP contribution in [0.15, 0.2) is 54.6 Å². The largest absolute Gasteiger partial charge is 0.455 e. The molecule has 1 aliphatic rings. The lowest BCUT2D eigenvalue weighted by molar-refractivity contribution is -0.384. The van der Waals surface area contributed by atoms with E-state index in [0.717, 1.165) is 0 Å². The van der Waals surface area contributed by atoms with Gasteiger partial charge in [0.05, 0.1) is 16.5 Å². The Balaban J connectivity index is 1.48. The number of carbonyl (C=O) groups is 4. The molecule has 0 bridgehead atoms. The van der Waals surface area contributed by atoms with E-state index in [4.69, 9.17) is 4.74 Å². The summed E-state index contributed by atoms with van der Waals surface area (Å²) in [4.78, 5) is 59.7. The number of nitrogens with one attached hydrogen (secondary N) is 2. The molecule has 31 heavy (non-hydrogen) atoms. The summed E-state index contributed by atoms with van der Waals surface area (Å²) in [5.41, 5.74) is 4.79. The number of carbonyl (C=O) groups excluding carboxylic acids is 4. The molecular weight excluding hydrogens is 408 g/mol. The number of rotatable bonds is 6. The molecule has 0 spiro atoms. The maximum absolute atomic E-state index is 12.2. The van der Waals surface area contributed by atoms with Crippen molar-refractivity contribution in [2.45, 2.75) is 6.42 Å². The molecule has 3 rings (SSSR count). The minimum absolute atomic E-state index is 0.0226. The van der Waals surface area contributed by atoms with Gasteiger partial charge in [-0.15, -0.1) is 0 Å². The summed E-state index contributed by atoms with van der Waals surface area (Å²) in [6.45, 7) is -0.666. The summed E-state index contributed by atoms with van der Waals surface area (Å²) in [5.74, 6) is -3.25. The van der Waals surface area contributed by atoms with Gasteiger partial charge in [0.15, 0.2) is 6.61 Å². The van der Waals surface area contributed by atoms with Crippen molar-refractivity contribution in [1.29, 1.82) is 0 Å². The Bertz CT molecular complexity index is 1030. The van der Waals surface area contributed by atoms with Crippen LogP contribution in [0.25, 0.3) is 0 Å². The monoisotopic (exact) mass is 426 g/mol. The van der Waals surface area contributed by atoms with Crippen molar-refractivity contribution in [3.63, 3.8) is 0 Å². The van der Waals surface area contributed by atoms with Gasteiger partial charge < -0.3 is 9.64 Å². The SMILES string of the molecule is O=C(COC(=O)[C@H]1CC(=O)N(c2cccc([N+](=O)[O-])c2)C1)NNC(=O)c1ccccc1. The number of ether oxygens (including phenoxy) is 1. The van der Waals surface area contributed by atoms with E-state index < -0.39 is 35.2 Å². The van der Waals surface area contributed by atoms with Gasteiger partial charge in [-0.1, -0.05) is 24.3 Å². The number of esters is 1. The van der Waals surface area contributed by atoms with Crippen molar-refractivity contribution >= 4 is 35.1 Å². The average Bonchev–Trinajstić information content (AvgIpc) is 3.18. The summed E-state index contributed by atoms with van der Waals surface area (Å²) in [6, 6.07) is 13.7. The minimum Gasteiger partial charge on any atom is -0.455 e. The fraction of sp³-hybridized carbons (Fsp3) is 0.200. The average molecular weight is 426 g/mol. The van der Waals surface area contributed by atoms with Gasteiger partial charge in [0.1, 0.15) is 0 Å². The maximum Gasteiger partial charge on any atom is 0.311 e. The Kier molecular flexibility index (Phi) is 6.55. The number of hydrogen-bond acceptors (Lipinski definition) is 7. The third-order valence-corrected chi connectivity index (χ3v) is 4.51. The Hall–Kier alpha value is -4.28. The first-order valence-corrected chi connectivity index (χ1v) is 9.21. The Morgan fingerprint density at radius 1 is 1.10 bits per heavy atom. The zero-order valence-corrected chi connectivity index (χ0v) is 16.1. The topological polar surface area (TPSA) is 148 Å². The number of anilines is 1. The van der Waals surface area contributed by atoms with Crippen LogP contribution in [0, 0.1) is 16.0 Å². The number of nitro groups is 1. The van der Waals surface area contributed by atoms with Gasteiger partial charge in [-0.05, 0) is 18.2 Å². The van der Waals surface area contributed by atoms with Crippen molar-refractivity contribution in [2.24, 2.45) is 5.92 Å². The summed E-state index contributed by atoms with van der Waals surface area (Å²) in [7, 11) is 0. The van der Waals surface area contributed by atoms with Crippen molar-refractivity contribution in [1.82, 2.24) is 10.9 Å². The molecular formula is C20H18N4O7. The third-order valence-electron chi connectivity index (χ3n) is 4.51. The van der Waals surface area contributed by atoms with Crippen LogP contribution < -0.4 is 15.8 Å². The molecule has 1 heterocycles. The second kappa shape index (κ2) is 9.48. The van der Waals surface area contributed by atoms with Crippen LogP contribution >= 0.6 is 0 Å². The lowest BCUT2D eigenvalue weighted by atomic mass is 10.1. The fourth-order valence-corrected chi connectivity index (χ4v) is 2.97. The van der Waals surface area contributed by atoms with E-state index in [9.17, 15) is 29.3 Å². The van der Waals surface area contributed by atoms with Gasteiger partial charge in [-0.25, -0.2) is 0 Å². The first-order chi connectivity index (χ1) is 14.8. The zero-order valence-electron chi connectivity index (χ0n) is 16.1. The molecule has 1 aliphatic heterocycles. The van der Waals surface area contributed by atoms with Crippen molar-refractivity contribution in [3.8, 4) is 0 Å². The maximum atomic E-state index is 12.2.